The van der Waals surface area contributed by atoms with Gasteiger partial charge in [0, 0.05) is 10.8 Å². The van der Waals surface area contributed by atoms with E-state index in [0.29, 0.717) is 16.5 Å². The van der Waals surface area contributed by atoms with Crippen LogP contribution in [0.25, 0.3) is 10.8 Å². The van der Waals surface area contributed by atoms with E-state index >= 15 is 0 Å². The lowest BCUT2D eigenvalue weighted by Gasteiger charge is -2.14. The summed E-state index contributed by atoms with van der Waals surface area (Å²) in [4.78, 5) is 22.5. The molecule has 0 saturated heterocycles. The number of ether oxygens (including phenoxy) is 3. The number of sulfonamides is 1. The fourth-order valence-electron chi connectivity index (χ4n) is 2.94. The van der Waals surface area contributed by atoms with E-state index < -0.39 is 32.7 Å². The third-order valence-corrected chi connectivity index (χ3v) is 5.83. The van der Waals surface area contributed by atoms with E-state index in [-0.39, 0.29) is 24.5 Å². The lowest BCUT2D eigenvalue weighted by molar-refractivity contribution is -0.142. The van der Waals surface area contributed by atoms with E-state index in [1.165, 1.54) is 25.3 Å². The SMILES string of the molecule is CCOC(=O)c1ccc(S(=O)(=O)Nc2ccc(OCC(=O)OC)c3ccccc23)c(F)c1. The first-order valence-electron chi connectivity index (χ1n) is 9.47. The van der Waals surface area contributed by atoms with Gasteiger partial charge >= 0.3 is 11.9 Å². The number of benzene rings is 3. The van der Waals surface area contributed by atoms with Gasteiger partial charge in [0.1, 0.15) is 16.5 Å². The molecule has 32 heavy (non-hydrogen) atoms. The maximum atomic E-state index is 14.5. The number of nitrogens with one attached hydrogen (secondary N) is 1. The average molecular weight is 461 g/mol. The highest BCUT2D eigenvalue weighted by Crippen LogP contribution is 2.33. The lowest BCUT2D eigenvalue weighted by Crippen LogP contribution is -2.16. The number of esters is 2. The second-order valence-corrected chi connectivity index (χ2v) is 8.14. The summed E-state index contributed by atoms with van der Waals surface area (Å²) in [5, 5.41) is 1.01. The van der Waals surface area contributed by atoms with Crippen LogP contribution in [0.15, 0.2) is 59.5 Å². The molecular formula is C22H20FNO7S. The number of hydrogen-bond acceptors (Lipinski definition) is 7. The van der Waals surface area contributed by atoms with Crippen molar-refractivity contribution < 1.29 is 36.6 Å². The second-order valence-electron chi connectivity index (χ2n) is 6.49. The minimum Gasteiger partial charge on any atom is -0.481 e. The number of halogens is 1. The molecule has 0 heterocycles. The van der Waals surface area contributed by atoms with Crippen LogP contribution in [0, 0.1) is 5.82 Å². The molecule has 0 atom stereocenters. The summed E-state index contributed by atoms with van der Waals surface area (Å²) in [6, 6.07) is 12.7. The van der Waals surface area contributed by atoms with Crippen molar-refractivity contribution in [2.75, 3.05) is 25.0 Å². The van der Waals surface area contributed by atoms with E-state index in [1.807, 2.05) is 0 Å². The van der Waals surface area contributed by atoms with Crippen molar-refractivity contribution in [1.82, 2.24) is 0 Å². The van der Waals surface area contributed by atoms with Crippen molar-refractivity contribution in [1.29, 1.82) is 0 Å². The van der Waals surface area contributed by atoms with Crippen LogP contribution in [-0.4, -0.2) is 40.7 Å². The average Bonchev–Trinajstić information content (AvgIpc) is 2.78. The molecule has 0 aliphatic carbocycles. The van der Waals surface area contributed by atoms with Crippen LogP contribution in [0.1, 0.15) is 17.3 Å². The normalized spacial score (nSPS) is 11.1. The van der Waals surface area contributed by atoms with Gasteiger partial charge in [0.2, 0.25) is 0 Å². The Morgan fingerprint density at radius 1 is 1.03 bits per heavy atom. The Kier molecular flexibility index (Phi) is 6.94. The maximum Gasteiger partial charge on any atom is 0.343 e. The van der Waals surface area contributed by atoms with Gasteiger partial charge in [-0.1, -0.05) is 24.3 Å². The fourth-order valence-corrected chi connectivity index (χ4v) is 4.08. The zero-order chi connectivity index (χ0) is 23.3. The Hall–Kier alpha value is -3.66. The summed E-state index contributed by atoms with van der Waals surface area (Å²) < 4.78 is 57.4. The zero-order valence-electron chi connectivity index (χ0n) is 17.3. The van der Waals surface area contributed by atoms with Crippen molar-refractivity contribution >= 4 is 38.4 Å². The molecule has 8 nitrogen and oxygen atoms in total. The van der Waals surface area contributed by atoms with Gasteiger partial charge in [0.25, 0.3) is 10.0 Å². The van der Waals surface area contributed by atoms with Gasteiger partial charge in [0.15, 0.2) is 6.61 Å². The first-order chi connectivity index (χ1) is 15.3. The van der Waals surface area contributed by atoms with E-state index in [1.54, 1.807) is 31.2 Å². The van der Waals surface area contributed by atoms with Crippen LogP contribution in [0.2, 0.25) is 0 Å². The molecule has 1 N–H and O–H groups in total. The summed E-state index contributed by atoms with van der Waals surface area (Å²) in [6.07, 6.45) is 0. The number of methoxy groups -OCH3 is 1. The van der Waals surface area contributed by atoms with Crippen LogP contribution >= 0.6 is 0 Å². The maximum absolute atomic E-state index is 14.5. The van der Waals surface area contributed by atoms with Gasteiger partial charge in [-0.25, -0.2) is 22.4 Å². The number of hydrogen-bond donors (Lipinski definition) is 1. The van der Waals surface area contributed by atoms with E-state index in [2.05, 4.69) is 9.46 Å². The van der Waals surface area contributed by atoms with Gasteiger partial charge in [-0.3, -0.25) is 4.72 Å². The molecule has 3 aromatic carbocycles. The second kappa shape index (κ2) is 9.65. The topological polar surface area (TPSA) is 108 Å². The molecule has 0 aliphatic heterocycles. The minimum atomic E-state index is -4.32. The van der Waals surface area contributed by atoms with Crippen molar-refractivity contribution in [2.45, 2.75) is 11.8 Å². The number of carbonyl (C=O) groups is 2. The Labute approximate surface area is 183 Å². The molecular weight excluding hydrogens is 441 g/mol. The van der Waals surface area contributed by atoms with Crippen molar-refractivity contribution in [3.8, 4) is 5.75 Å². The quantitative estimate of drug-likeness (QED) is 0.512. The van der Waals surface area contributed by atoms with Crippen molar-refractivity contribution in [3.63, 3.8) is 0 Å². The molecule has 0 aliphatic rings. The predicted molar refractivity (Wildman–Crippen MR) is 115 cm³/mol. The third-order valence-electron chi connectivity index (χ3n) is 4.43. The lowest BCUT2D eigenvalue weighted by atomic mass is 10.1. The standard InChI is InChI=1S/C22H20FNO7S/c1-3-30-22(26)14-8-11-20(17(23)12-14)32(27,28)24-18-9-10-19(31-13-21(25)29-2)16-7-5-4-6-15(16)18/h4-12,24H,3,13H2,1-2H3. The number of fused-ring (bicyclic) bond motifs is 1. The highest BCUT2D eigenvalue weighted by atomic mass is 32.2. The summed E-state index contributed by atoms with van der Waals surface area (Å²) in [5.74, 6) is -2.07. The molecule has 0 spiro atoms. The highest BCUT2D eigenvalue weighted by Gasteiger charge is 2.22. The van der Waals surface area contributed by atoms with Crippen molar-refractivity contribution in [3.05, 3.63) is 66.0 Å². The predicted octanol–water partition coefficient (Wildman–Crippen LogP) is 3.51. The van der Waals surface area contributed by atoms with Crippen LogP contribution < -0.4 is 9.46 Å². The summed E-state index contributed by atoms with van der Waals surface area (Å²) in [7, 11) is -3.09. The van der Waals surface area contributed by atoms with Gasteiger partial charge in [-0.05, 0) is 37.3 Å². The fraction of sp³-hybridized carbons (Fsp3) is 0.182. The molecule has 0 aromatic heterocycles. The van der Waals surface area contributed by atoms with E-state index in [9.17, 15) is 22.4 Å². The molecule has 0 bridgehead atoms. The Balaban J connectivity index is 1.93. The highest BCUT2D eigenvalue weighted by molar-refractivity contribution is 7.92. The van der Waals surface area contributed by atoms with Crippen LogP contribution in [0.3, 0.4) is 0 Å². The summed E-state index contributed by atoms with van der Waals surface area (Å²) in [6.45, 7) is 1.39. The number of anilines is 1. The first kappa shape index (κ1) is 23.0. The van der Waals surface area contributed by atoms with Crippen molar-refractivity contribution in [2.24, 2.45) is 0 Å². The minimum absolute atomic E-state index is 0.0964. The third kappa shape index (κ3) is 4.97. The zero-order valence-corrected chi connectivity index (χ0v) is 18.1. The van der Waals surface area contributed by atoms with Gasteiger partial charge in [-0.2, -0.15) is 0 Å². The van der Waals surface area contributed by atoms with Gasteiger partial charge < -0.3 is 14.2 Å². The molecule has 10 heteroatoms. The van der Waals surface area contributed by atoms with E-state index in [0.717, 1.165) is 12.1 Å². The van der Waals surface area contributed by atoms with Crippen LogP contribution in [0.5, 0.6) is 5.75 Å². The number of rotatable bonds is 8. The summed E-state index contributed by atoms with van der Waals surface area (Å²) in [5.41, 5.74) is 0.0840. The monoisotopic (exact) mass is 461 g/mol. The molecule has 3 rings (SSSR count). The van der Waals surface area contributed by atoms with Crippen LogP contribution in [-0.2, 0) is 24.3 Å². The molecule has 0 unspecified atom stereocenters. The van der Waals surface area contributed by atoms with Crippen LogP contribution in [0.4, 0.5) is 10.1 Å². The Morgan fingerprint density at radius 2 is 1.75 bits per heavy atom. The smallest absolute Gasteiger partial charge is 0.343 e. The Morgan fingerprint density at radius 3 is 2.41 bits per heavy atom. The molecule has 3 aromatic rings. The van der Waals surface area contributed by atoms with Gasteiger partial charge in [0.05, 0.1) is 25.0 Å². The molecule has 0 saturated carbocycles. The molecule has 168 valence electrons. The summed E-state index contributed by atoms with van der Waals surface area (Å²) >= 11 is 0. The largest absolute Gasteiger partial charge is 0.481 e. The molecule has 0 fully saturated rings. The first-order valence-corrected chi connectivity index (χ1v) is 11.0. The molecule has 0 radical (unpaired) electrons. The number of carbonyl (C=O) groups excluding carboxylic acids is 2. The molecule has 0 amide bonds. The Bertz CT molecular complexity index is 1270. The van der Waals surface area contributed by atoms with Gasteiger partial charge in [-0.15, -0.1) is 0 Å². The van der Waals surface area contributed by atoms with E-state index in [4.69, 9.17) is 9.47 Å².